The fraction of sp³-hybridized carbons (Fsp3) is 0.357. The zero-order valence-corrected chi connectivity index (χ0v) is 11.6. The van der Waals surface area contributed by atoms with Crippen LogP contribution in [0.2, 0.25) is 0 Å². The Morgan fingerprint density at radius 3 is 2.75 bits per heavy atom. The molecule has 0 radical (unpaired) electrons. The molecule has 0 saturated carbocycles. The number of rotatable bonds is 6. The molecule has 0 fully saturated rings. The third-order valence-electron chi connectivity index (χ3n) is 2.59. The summed E-state index contributed by atoms with van der Waals surface area (Å²) in [5, 5.41) is 13.7. The predicted octanol–water partition coefficient (Wildman–Crippen LogP) is 2.07. The number of anilines is 1. The lowest BCUT2D eigenvalue weighted by atomic mass is 10.2. The lowest BCUT2D eigenvalue weighted by Gasteiger charge is -2.07. The third kappa shape index (κ3) is 4.08. The van der Waals surface area contributed by atoms with Crippen molar-refractivity contribution in [2.75, 3.05) is 11.9 Å². The van der Waals surface area contributed by atoms with Gasteiger partial charge in [-0.1, -0.05) is 13.8 Å². The standard InChI is InChI=1S/C14H18N4O2/c1-10(2)8-16-14(19)12-5-6-13(18-17-12)15-9-11-4-3-7-20-11/h3-7,10H,8-9H2,1-2H3,(H,15,18)(H,16,19). The van der Waals surface area contributed by atoms with E-state index in [2.05, 4.69) is 20.8 Å². The summed E-state index contributed by atoms with van der Waals surface area (Å²) < 4.78 is 5.20. The van der Waals surface area contributed by atoms with Gasteiger partial charge in [0.25, 0.3) is 5.91 Å². The number of carbonyl (C=O) groups is 1. The molecule has 0 aliphatic heterocycles. The Morgan fingerprint density at radius 2 is 2.15 bits per heavy atom. The minimum Gasteiger partial charge on any atom is -0.467 e. The molecule has 106 valence electrons. The van der Waals surface area contributed by atoms with Crippen LogP contribution in [0.1, 0.15) is 30.1 Å². The van der Waals surface area contributed by atoms with Crippen LogP contribution in [0.3, 0.4) is 0 Å². The summed E-state index contributed by atoms with van der Waals surface area (Å²) in [7, 11) is 0. The van der Waals surface area contributed by atoms with Crippen LogP contribution in [0.4, 0.5) is 5.82 Å². The van der Waals surface area contributed by atoms with Gasteiger partial charge in [-0.3, -0.25) is 4.79 Å². The highest BCUT2D eigenvalue weighted by molar-refractivity contribution is 5.92. The maximum absolute atomic E-state index is 11.8. The number of hydrogen-bond donors (Lipinski definition) is 2. The lowest BCUT2D eigenvalue weighted by Crippen LogP contribution is -2.28. The summed E-state index contributed by atoms with van der Waals surface area (Å²) >= 11 is 0. The maximum Gasteiger partial charge on any atom is 0.271 e. The minimum absolute atomic E-state index is 0.205. The van der Waals surface area contributed by atoms with Gasteiger partial charge in [-0.25, -0.2) is 0 Å². The molecule has 0 spiro atoms. The third-order valence-corrected chi connectivity index (χ3v) is 2.59. The minimum atomic E-state index is -0.205. The van der Waals surface area contributed by atoms with Crippen LogP contribution in [0.5, 0.6) is 0 Å². The molecule has 2 aromatic rings. The molecule has 6 heteroatoms. The zero-order valence-electron chi connectivity index (χ0n) is 11.6. The van der Waals surface area contributed by atoms with Crippen molar-refractivity contribution in [1.29, 1.82) is 0 Å². The summed E-state index contributed by atoms with van der Waals surface area (Å²) in [4.78, 5) is 11.8. The van der Waals surface area contributed by atoms with E-state index in [4.69, 9.17) is 4.42 Å². The van der Waals surface area contributed by atoms with E-state index in [0.29, 0.717) is 30.5 Å². The predicted molar refractivity (Wildman–Crippen MR) is 75.2 cm³/mol. The second kappa shape index (κ2) is 6.70. The van der Waals surface area contributed by atoms with Crippen molar-refractivity contribution in [1.82, 2.24) is 15.5 Å². The van der Waals surface area contributed by atoms with E-state index < -0.39 is 0 Å². The molecule has 0 saturated heterocycles. The molecule has 0 bridgehead atoms. The highest BCUT2D eigenvalue weighted by Gasteiger charge is 2.08. The zero-order chi connectivity index (χ0) is 14.4. The Morgan fingerprint density at radius 1 is 1.30 bits per heavy atom. The second-order valence-electron chi connectivity index (χ2n) is 4.84. The average molecular weight is 274 g/mol. The summed E-state index contributed by atoms with van der Waals surface area (Å²) in [5.74, 6) is 1.61. The summed E-state index contributed by atoms with van der Waals surface area (Å²) in [6.07, 6.45) is 1.62. The normalized spacial score (nSPS) is 10.6. The fourth-order valence-electron chi connectivity index (χ4n) is 1.53. The molecular formula is C14H18N4O2. The molecule has 0 aliphatic carbocycles. The number of furan rings is 1. The largest absolute Gasteiger partial charge is 0.467 e. The molecule has 0 aliphatic rings. The van der Waals surface area contributed by atoms with E-state index in [1.807, 2.05) is 26.0 Å². The molecule has 0 aromatic carbocycles. The molecule has 20 heavy (non-hydrogen) atoms. The lowest BCUT2D eigenvalue weighted by molar-refractivity contribution is 0.0943. The quantitative estimate of drug-likeness (QED) is 0.843. The first-order valence-corrected chi connectivity index (χ1v) is 6.53. The summed E-state index contributed by atoms with van der Waals surface area (Å²) in [5.41, 5.74) is 0.314. The van der Waals surface area contributed by atoms with E-state index in [1.165, 1.54) is 0 Å². The molecule has 2 rings (SSSR count). The van der Waals surface area contributed by atoms with Crippen molar-refractivity contribution < 1.29 is 9.21 Å². The second-order valence-corrected chi connectivity index (χ2v) is 4.84. The highest BCUT2D eigenvalue weighted by Crippen LogP contribution is 2.06. The molecule has 2 heterocycles. The van der Waals surface area contributed by atoms with Gasteiger partial charge in [0.2, 0.25) is 0 Å². The van der Waals surface area contributed by atoms with Crippen molar-refractivity contribution in [2.45, 2.75) is 20.4 Å². The first-order valence-electron chi connectivity index (χ1n) is 6.53. The van der Waals surface area contributed by atoms with Gasteiger partial charge in [0.1, 0.15) is 11.6 Å². The Hall–Kier alpha value is -2.37. The van der Waals surface area contributed by atoms with Gasteiger partial charge < -0.3 is 15.1 Å². The summed E-state index contributed by atoms with van der Waals surface area (Å²) in [6, 6.07) is 7.06. The fourth-order valence-corrected chi connectivity index (χ4v) is 1.53. The number of hydrogen-bond acceptors (Lipinski definition) is 5. The van der Waals surface area contributed by atoms with E-state index in [1.54, 1.807) is 18.4 Å². The van der Waals surface area contributed by atoms with E-state index in [9.17, 15) is 4.79 Å². The van der Waals surface area contributed by atoms with Crippen LogP contribution in [0.15, 0.2) is 34.9 Å². The van der Waals surface area contributed by atoms with Gasteiger partial charge >= 0.3 is 0 Å². The van der Waals surface area contributed by atoms with Gasteiger partial charge in [-0.05, 0) is 30.2 Å². The van der Waals surface area contributed by atoms with E-state index >= 15 is 0 Å². The van der Waals surface area contributed by atoms with Crippen LogP contribution < -0.4 is 10.6 Å². The molecule has 2 N–H and O–H groups in total. The van der Waals surface area contributed by atoms with E-state index in [-0.39, 0.29) is 5.91 Å². The number of amides is 1. The molecule has 1 amide bonds. The highest BCUT2D eigenvalue weighted by atomic mass is 16.3. The van der Waals surface area contributed by atoms with Crippen LogP contribution in [0.25, 0.3) is 0 Å². The van der Waals surface area contributed by atoms with Crippen molar-refractivity contribution in [3.8, 4) is 0 Å². The van der Waals surface area contributed by atoms with Gasteiger partial charge in [-0.15, -0.1) is 10.2 Å². The molecular weight excluding hydrogens is 256 g/mol. The Balaban J connectivity index is 1.87. The first kappa shape index (κ1) is 14.0. The molecule has 0 atom stereocenters. The van der Waals surface area contributed by atoms with Crippen LogP contribution in [0, 0.1) is 5.92 Å². The van der Waals surface area contributed by atoms with Gasteiger partial charge in [0.05, 0.1) is 12.8 Å². The van der Waals surface area contributed by atoms with Crippen molar-refractivity contribution in [3.63, 3.8) is 0 Å². The van der Waals surface area contributed by atoms with Crippen LogP contribution in [-0.2, 0) is 6.54 Å². The molecule has 6 nitrogen and oxygen atoms in total. The Bertz CT molecular complexity index is 535. The van der Waals surface area contributed by atoms with Crippen molar-refractivity contribution in [2.24, 2.45) is 5.92 Å². The SMILES string of the molecule is CC(C)CNC(=O)c1ccc(NCc2ccco2)nn1. The molecule has 2 aromatic heterocycles. The van der Waals surface area contributed by atoms with Crippen LogP contribution in [-0.4, -0.2) is 22.6 Å². The average Bonchev–Trinajstić information content (AvgIpc) is 2.96. The van der Waals surface area contributed by atoms with Crippen molar-refractivity contribution in [3.05, 3.63) is 42.0 Å². The Kier molecular flexibility index (Phi) is 4.70. The monoisotopic (exact) mass is 274 g/mol. The van der Waals surface area contributed by atoms with Gasteiger partial charge in [-0.2, -0.15) is 0 Å². The van der Waals surface area contributed by atoms with Crippen molar-refractivity contribution >= 4 is 11.7 Å². The van der Waals surface area contributed by atoms with Crippen LogP contribution >= 0.6 is 0 Å². The number of nitrogens with zero attached hydrogens (tertiary/aromatic N) is 2. The van der Waals surface area contributed by atoms with Gasteiger partial charge in [0, 0.05) is 6.54 Å². The van der Waals surface area contributed by atoms with Gasteiger partial charge in [0.15, 0.2) is 5.69 Å². The van der Waals surface area contributed by atoms with E-state index in [0.717, 1.165) is 5.76 Å². The maximum atomic E-state index is 11.8. The summed E-state index contributed by atoms with van der Waals surface area (Å²) in [6.45, 7) is 5.22. The smallest absolute Gasteiger partial charge is 0.271 e. The first-order chi connectivity index (χ1) is 9.65. The topological polar surface area (TPSA) is 80.0 Å². The number of nitrogens with one attached hydrogen (secondary N) is 2. The Labute approximate surface area is 117 Å². The molecule has 0 unspecified atom stereocenters. The number of carbonyl (C=O) groups excluding carboxylic acids is 1. The number of aromatic nitrogens is 2.